The van der Waals surface area contributed by atoms with Gasteiger partial charge in [-0.25, -0.2) is 0 Å². The first kappa shape index (κ1) is 17.8. The summed E-state index contributed by atoms with van der Waals surface area (Å²) in [6, 6.07) is 6.89. The summed E-state index contributed by atoms with van der Waals surface area (Å²) >= 11 is 7.07. The van der Waals surface area contributed by atoms with Crippen molar-refractivity contribution in [3.8, 4) is 0 Å². The van der Waals surface area contributed by atoms with Crippen molar-refractivity contribution in [1.29, 1.82) is 0 Å². The topological polar surface area (TPSA) is 84.0 Å². The zero-order chi connectivity index (χ0) is 17.6. The van der Waals surface area contributed by atoms with Crippen molar-refractivity contribution in [3.63, 3.8) is 0 Å². The Labute approximate surface area is 155 Å². The fraction of sp³-hybridized carbons (Fsp3) is 0.412. The Morgan fingerprint density at radius 3 is 2.76 bits per heavy atom. The zero-order valence-electron chi connectivity index (χ0n) is 13.6. The van der Waals surface area contributed by atoms with Crippen LogP contribution in [0.1, 0.15) is 46.9 Å². The SMILES string of the molecule is O=C(Nc1cccc(Cl)c1)c1nnc(CNC(=O)C2CCCCC2)s1. The van der Waals surface area contributed by atoms with Crippen molar-refractivity contribution in [1.82, 2.24) is 15.5 Å². The summed E-state index contributed by atoms with van der Waals surface area (Å²) < 4.78 is 0. The number of nitrogens with one attached hydrogen (secondary N) is 2. The highest BCUT2D eigenvalue weighted by molar-refractivity contribution is 7.13. The number of nitrogens with zero attached hydrogens (tertiary/aromatic N) is 2. The molecule has 0 aliphatic heterocycles. The van der Waals surface area contributed by atoms with E-state index in [0.29, 0.717) is 22.3 Å². The minimum absolute atomic E-state index is 0.0693. The number of aromatic nitrogens is 2. The molecular formula is C17H19ClN4O2S. The van der Waals surface area contributed by atoms with Crippen molar-refractivity contribution < 1.29 is 9.59 Å². The average molecular weight is 379 g/mol. The molecule has 1 saturated carbocycles. The highest BCUT2D eigenvalue weighted by Crippen LogP contribution is 2.24. The molecule has 2 aromatic rings. The van der Waals surface area contributed by atoms with E-state index in [-0.39, 0.29) is 22.7 Å². The van der Waals surface area contributed by atoms with Crippen LogP contribution in [0.4, 0.5) is 5.69 Å². The molecule has 3 rings (SSSR count). The van der Waals surface area contributed by atoms with E-state index in [9.17, 15) is 9.59 Å². The molecule has 1 fully saturated rings. The van der Waals surface area contributed by atoms with Crippen molar-refractivity contribution in [3.05, 3.63) is 39.3 Å². The van der Waals surface area contributed by atoms with Gasteiger partial charge in [0, 0.05) is 16.6 Å². The van der Waals surface area contributed by atoms with E-state index in [1.807, 2.05) is 0 Å². The lowest BCUT2D eigenvalue weighted by molar-refractivity contribution is -0.126. The van der Waals surface area contributed by atoms with Crippen molar-refractivity contribution >= 4 is 40.4 Å². The van der Waals surface area contributed by atoms with Gasteiger partial charge in [-0.3, -0.25) is 9.59 Å². The van der Waals surface area contributed by atoms with Crippen LogP contribution in [0.3, 0.4) is 0 Å². The summed E-state index contributed by atoms with van der Waals surface area (Å²) in [5.41, 5.74) is 0.597. The van der Waals surface area contributed by atoms with Gasteiger partial charge in [-0.15, -0.1) is 10.2 Å². The summed E-state index contributed by atoms with van der Waals surface area (Å²) in [5.74, 6) is -0.170. The minimum Gasteiger partial charge on any atom is -0.349 e. The molecule has 0 saturated heterocycles. The van der Waals surface area contributed by atoms with Crippen LogP contribution in [-0.4, -0.2) is 22.0 Å². The zero-order valence-corrected chi connectivity index (χ0v) is 15.2. The molecule has 1 aromatic heterocycles. The quantitative estimate of drug-likeness (QED) is 0.831. The van der Waals surface area contributed by atoms with E-state index in [1.54, 1.807) is 24.3 Å². The third kappa shape index (κ3) is 4.99. The van der Waals surface area contributed by atoms with Crippen LogP contribution in [0, 0.1) is 5.92 Å². The summed E-state index contributed by atoms with van der Waals surface area (Å²) in [4.78, 5) is 24.3. The molecule has 0 radical (unpaired) electrons. The van der Waals surface area contributed by atoms with Gasteiger partial charge < -0.3 is 10.6 Å². The van der Waals surface area contributed by atoms with Gasteiger partial charge in [0.1, 0.15) is 5.01 Å². The molecular weight excluding hydrogens is 360 g/mol. The second-order valence-electron chi connectivity index (χ2n) is 6.02. The third-order valence-corrected chi connectivity index (χ3v) is 5.29. The lowest BCUT2D eigenvalue weighted by Crippen LogP contribution is -2.31. The van der Waals surface area contributed by atoms with E-state index in [4.69, 9.17) is 11.6 Å². The molecule has 1 aromatic carbocycles. The normalized spacial score (nSPS) is 14.9. The number of rotatable bonds is 5. The number of benzene rings is 1. The maximum atomic E-state index is 12.2. The maximum absolute atomic E-state index is 12.2. The molecule has 0 bridgehead atoms. The number of hydrogen-bond acceptors (Lipinski definition) is 5. The van der Waals surface area contributed by atoms with Gasteiger partial charge in [0.05, 0.1) is 6.54 Å². The number of carbonyl (C=O) groups is 2. The minimum atomic E-state index is -0.343. The summed E-state index contributed by atoms with van der Waals surface area (Å²) in [7, 11) is 0. The molecule has 2 N–H and O–H groups in total. The molecule has 132 valence electrons. The first-order chi connectivity index (χ1) is 12.1. The molecule has 1 heterocycles. The van der Waals surface area contributed by atoms with Crippen LogP contribution in [0.5, 0.6) is 0 Å². The van der Waals surface area contributed by atoms with Gasteiger partial charge in [-0.05, 0) is 31.0 Å². The Bertz CT molecular complexity index is 759. The Hall–Kier alpha value is -1.99. The van der Waals surface area contributed by atoms with Crippen LogP contribution in [0.2, 0.25) is 5.02 Å². The Morgan fingerprint density at radius 1 is 1.20 bits per heavy atom. The standard InChI is InChI=1S/C17H19ClN4O2S/c18-12-7-4-8-13(9-12)20-16(24)17-22-21-14(25-17)10-19-15(23)11-5-2-1-3-6-11/h4,7-9,11H,1-3,5-6,10H2,(H,19,23)(H,20,24). The van der Waals surface area contributed by atoms with Crippen LogP contribution in [0.15, 0.2) is 24.3 Å². The van der Waals surface area contributed by atoms with E-state index in [1.165, 1.54) is 17.8 Å². The Morgan fingerprint density at radius 2 is 2.00 bits per heavy atom. The summed E-state index contributed by atoms with van der Waals surface area (Å²) in [6.45, 7) is 0.303. The fourth-order valence-electron chi connectivity index (χ4n) is 2.84. The molecule has 0 unspecified atom stereocenters. The Balaban J connectivity index is 1.53. The molecule has 25 heavy (non-hydrogen) atoms. The van der Waals surface area contributed by atoms with Gasteiger partial charge in [-0.2, -0.15) is 0 Å². The number of anilines is 1. The van der Waals surface area contributed by atoms with Crippen LogP contribution in [0.25, 0.3) is 0 Å². The molecule has 2 amide bonds. The average Bonchev–Trinajstić information content (AvgIpc) is 3.09. The van der Waals surface area contributed by atoms with E-state index >= 15 is 0 Å². The highest BCUT2D eigenvalue weighted by atomic mass is 35.5. The fourth-order valence-corrected chi connectivity index (χ4v) is 3.70. The predicted octanol–water partition coefficient (Wildman–Crippen LogP) is 3.64. The maximum Gasteiger partial charge on any atom is 0.286 e. The summed E-state index contributed by atoms with van der Waals surface area (Å²) in [5, 5.41) is 14.9. The second-order valence-corrected chi connectivity index (χ2v) is 7.52. The predicted molar refractivity (Wildman–Crippen MR) is 97.7 cm³/mol. The van der Waals surface area contributed by atoms with Gasteiger partial charge in [0.2, 0.25) is 10.9 Å². The van der Waals surface area contributed by atoms with Crippen LogP contribution < -0.4 is 10.6 Å². The monoisotopic (exact) mass is 378 g/mol. The summed E-state index contributed by atoms with van der Waals surface area (Å²) in [6.07, 6.45) is 5.35. The second kappa shape index (κ2) is 8.40. The first-order valence-corrected chi connectivity index (χ1v) is 9.48. The molecule has 8 heteroatoms. The smallest absolute Gasteiger partial charge is 0.286 e. The molecule has 1 aliphatic carbocycles. The number of halogens is 1. The van der Waals surface area contributed by atoms with Crippen molar-refractivity contribution in [2.75, 3.05) is 5.32 Å². The van der Waals surface area contributed by atoms with Gasteiger partial charge >= 0.3 is 0 Å². The number of hydrogen-bond donors (Lipinski definition) is 2. The molecule has 1 aliphatic rings. The number of amides is 2. The van der Waals surface area contributed by atoms with Crippen LogP contribution in [-0.2, 0) is 11.3 Å². The van der Waals surface area contributed by atoms with Crippen LogP contribution >= 0.6 is 22.9 Å². The van der Waals surface area contributed by atoms with E-state index in [0.717, 1.165) is 25.7 Å². The lowest BCUT2D eigenvalue weighted by atomic mass is 9.89. The van der Waals surface area contributed by atoms with E-state index < -0.39 is 0 Å². The van der Waals surface area contributed by atoms with Crippen molar-refractivity contribution in [2.24, 2.45) is 5.92 Å². The molecule has 0 spiro atoms. The molecule has 0 atom stereocenters. The Kier molecular flexibility index (Phi) is 5.99. The molecule has 6 nitrogen and oxygen atoms in total. The first-order valence-electron chi connectivity index (χ1n) is 8.29. The number of carbonyl (C=O) groups excluding carboxylic acids is 2. The third-order valence-electron chi connectivity index (χ3n) is 4.13. The lowest BCUT2D eigenvalue weighted by Gasteiger charge is -2.20. The van der Waals surface area contributed by atoms with E-state index in [2.05, 4.69) is 20.8 Å². The van der Waals surface area contributed by atoms with Crippen molar-refractivity contribution in [2.45, 2.75) is 38.6 Å². The largest absolute Gasteiger partial charge is 0.349 e. The van der Waals surface area contributed by atoms with Gasteiger partial charge in [0.25, 0.3) is 5.91 Å². The highest BCUT2D eigenvalue weighted by Gasteiger charge is 2.21. The van der Waals surface area contributed by atoms with Gasteiger partial charge in [0.15, 0.2) is 0 Å². The van der Waals surface area contributed by atoms with Gasteiger partial charge in [-0.1, -0.05) is 48.3 Å².